The zero-order valence-corrected chi connectivity index (χ0v) is 20.0. The van der Waals surface area contributed by atoms with E-state index < -0.39 is 0 Å². The van der Waals surface area contributed by atoms with Gasteiger partial charge in [0.2, 0.25) is 0 Å². The van der Waals surface area contributed by atoms with Gasteiger partial charge in [0.25, 0.3) is 0 Å². The van der Waals surface area contributed by atoms with E-state index in [2.05, 4.69) is 40.7 Å². The van der Waals surface area contributed by atoms with Gasteiger partial charge in [-0.2, -0.15) is 0 Å². The monoisotopic (exact) mass is 390 g/mol. The summed E-state index contributed by atoms with van der Waals surface area (Å²) in [6, 6.07) is 0. The van der Waals surface area contributed by atoms with Crippen LogP contribution in [0.1, 0.15) is 136 Å². The van der Waals surface area contributed by atoms with Gasteiger partial charge in [-0.05, 0) is 37.5 Å². The molecule has 0 amide bonds. The normalized spacial score (nSPS) is 15.2. The quantitative estimate of drug-likeness (QED) is 0.171. The molecule has 0 bridgehead atoms. The smallest absolute Gasteiger partial charge is 0.0316 e. The number of hydrogen-bond donors (Lipinski definition) is 0. The molecule has 0 saturated heterocycles. The van der Waals surface area contributed by atoms with Crippen molar-refractivity contribution < 1.29 is 0 Å². The molecule has 0 aliphatic carbocycles. The number of rotatable bonds is 21. The van der Waals surface area contributed by atoms with Crippen LogP contribution in [0.25, 0.3) is 0 Å². The van der Waals surface area contributed by atoms with Crippen molar-refractivity contribution in [3.8, 4) is 0 Å². The Hall–Kier alpha value is -0.260. The largest absolute Gasteiger partial charge is 0.0885 e. The molecule has 0 N–H and O–H groups in total. The van der Waals surface area contributed by atoms with E-state index in [-0.39, 0.29) is 0 Å². The maximum atomic E-state index is 3.92. The van der Waals surface area contributed by atoms with E-state index in [1.165, 1.54) is 109 Å². The molecule has 0 nitrogen and oxygen atoms in total. The molecule has 166 valence electrons. The van der Waals surface area contributed by atoms with E-state index in [1.807, 2.05) is 6.08 Å². The van der Waals surface area contributed by atoms with Crippen LogP contribution >= 0.6 is 0 Å². The minimum Gasteiger partial charge on any atom is -0.0885 e. The van der Waals surface area contributed by atoms with Crippen molar-refractivity contribution >= 4 is 0 Å². The molecule has 0 fully saturated rings. The molecule has 0 rings (SSSR count). The van der Waals surface area contributed by atoms with Crippen molar-refractivity contribution in [2.75, 3.05) is 0 Å². The summed E-state index contributed by atoms with van der Waals surface area (Å²) < 4.78 is 0. The maximum Gasteiger partial charge on any atom is -0.0316 e. The zero-order valence-electron chi connectivity index (χ0n) is 20.0. The highest BCUT2D eigenvalue weighted by Crippen LogP contribution is 2.23. The lowest BCUT2D eigenvalue weighted by molar-refractivity contribution is 0.362. The molecule has 0 aliphatic rings. The fourth-order valence-corrected chi connectivity index (χ4v) is 4.24. The molecule has 0 aliphatic heterocycles. The summed E-state index contributed by atoms with van der Waals surface area (Å²) in [7, 11) is 0. The van der Waals surface area contributed by atoms with Gasteiger partial charge in [0, 0.05) is 0 Å². The van der Waals surface area contributed by atoms with E-state index in [1.54, 1.807) is 0 Å². The van der Waals surface area contributed by atoms with Crippen molar-refractivity contribution in [2.24, 2.45) is 17.8 Å². The summed E-state index contributed by atoms with van der Waals surface area (Å²) in [6.45, 7) is 15.1. The molecule has 2 radical (unpaired) electrons. The molecule has 0 heteroatoms. The Morgan fingerprint density at radius 3 is 1.50 bits per heavy atom. The molecular weight excluding hydrogens is 336 g/mol. The summed E-state index contributed by atoms with van der Waals surface area (Å²) in [4.78, 5) is 0. The summed E-state index contributed by atoms with van der Waals surface area (Å²) in [6.07, 6.45) is 29.1. The molecule has 3 atom stereocenters. The summed E-state index contributed by atoms with van der Waals surface area (Å²) >= 11 is 0. The van der Waals surface area contributed by atoms with Crippen LogP contribution in [0, 0.1) is 31.6 Å². The average molecular weight is 391 g/mol. The third-order valence-corrected chi connectivity index (χ3v) is 6.48. The molecule has 0 aromatic rings. The molecule has 0 aromatic heterocycles. The van der Waals surface area contributed by atoms with E-state index in [0.29, 0.717) is 0 Å². The van der Waals surface area contributed by atoms with Crippen LogP contribution in [0.2, 0.25) is 0 Å². The zero-order chi connectivity index (χ0) is 20.9. The van der Waals surface area contributed by atoms with Crippen LogP contribution < -0.4 is 0 Å². The first-order valence-corrected chi connectivity index (χ1v) is 12.8. The van der Waals surface area contributed by atoms with Crippen LogP contribution in [0.4, 0.5) is 0 Å². The Kier molecular flexibility index (Phi) is 21.2. The van der Waals surface area contributed by atoms with Crippen molar-refractivity contribution in [3.63, 3.8) is 0 Å². The molecule has 0 saturated carbocycles. The van der Waals surface area contributed by atoms with E-state index in [0.717, 1.165) is 24.2 Å². The Balaban J connectivity index is 3.46. The molecular formula is C28H54. The van der Waals surface area contributed by atoms with Crippen LogP contribution in [-0.2, 0) is 0 Å². The second-order valence-electron chi connectivity index (χ2n) is 9.70. The summed E-state index contributed by atoms with van der Waals surface area (Å²) in [5.41, 5.74) is 0. The number of hydrogen-bond acceptors (Lipinski definition) is 0. The highest BCUT2D eigenvalue weighted by atomic mass is 14.1. The molecule has 28 heavy (non-hydrogen) atoms. The Morgan fingerprint density at radius 1 is 0.536 bits per heavy atom. The van der Waals surface area contributed by atoms with Gasteiger partial charge >= 0.3 is 0 Å². The first-order valence-electron chi connectivity index (χ1n) is 12.8. The third kappa shape index (κ3) is 20.5. The van der Waals surface area contributed by atoms with Crippen LogP contribution in [0.3, 0.4) is 0 Å². The van der Waals surface area contributed by atoms with Gasteiger partial charge < -0.3 is 0 Å². The standard InChI is InChI=1S/C28H54/c1-6-8-10-12-14-16-18-21-27(4)24-25-28(5)23-19-22-26(3)20-17-15-13-11-9-7-2/h7,9,26-28H,1-2,6,8,10-25H2,3-5H3/b9-7+. The maximum absolute atomic E-state index is 3.92. The molecule has 0 spiro atoms. The fraction of sp³-hybridized carbons (Fsp3) is 0.857. The van der Waals surface area contributed by atoms with Crippen molar-refractivity contribution in [2.45, 2.75) is 136 Å². The van der Waals surface area contributed by atoms with Crippen molar-refractivity contribution in [1.82, 2.24) is 0 Å². The summed E-state index contributed by atoms with van der Waals surface area (Å²) in [5, 5.41) is 0. The van der Waals surface area contributed by atoms with Gasteiger partial charge in [0.05, 0.1) is 0 Å². The van der Waals surface area contributed by atoms with E-state index in [4.69, 9.17) is 0 Å². The average Bonchev–Trinajstić information content (AvgIpc) is 2.68. The predicted molar refractivity (Wildman–Crippen MR) is 130 cm³/mol. The van der Waals surface area contributed by atoms with Gasteiger partial charge in [-0.25, -0.2) is 0 Å². The first kappa shape index (κ1) is 27.7. The summed E-state index contributed by atoms with van der Waals surface area (Å²) in [5.74, 6) is 2.77. The molecule has 3 unspecified atom stereocenters. The number of allylic oxidation sites excluding steroid dienone is 2. The highest BCUT2D eigenvalue weighted by molar-refractivity contribution is 4.83. The van der Waals surface area contributed by atoms with Gasteiger partial charge in [-0.1, -0.05) is 143 Å². The minimum atomic E-state index is 0.920. The van der Waals surface area contributed by atoms with Gasteiger partial charge in [0.15, 0.2) is 0 Å². The highest BCUT2D eigenvalue weighted by Gasteiger charge is 2.08. The SMILES string of the molecule is [CH2]/C=C/CCCCCC(C)CCCC(C)CCC(C)CCCCCCCC[CH2]. The first-order chi connectivity index (χ1) is 13.6. The van der Waals surface area contributed by atoms with Crippen LogP contribution in [-0.4, -0.2) is 0 Å². The van der Waals surface area contributed by atoms with E-state index in [9.17, 15) is 0 Å². The van der Waals surface area contributed by atoms with E-state index >= 15 is 0 Å². The van der Waals surface area contributed by atoms with Crippen molar-refractivity contribution in [1.29, 1.82) is 0 Å². The van der Waals surface area contributed by atoms with Gasteiger partial charge in [-0.15, -0.1) is 0 Å². The van der Waals surface area contributed by atoms with Crippen LogP contribution in [0.5, 0.6) is 0 Å². The minimum absolute atomic E-state index is 0.920. The molecule has 0 heterocycles. The topological polar surface area (TPSA) is 0 Å². The predicted octanol–water partition coefficient (Wildman–Crippen LogP) is 10.1. The fourth-order valence-electron chi connectivity index (χ4n) is 4.24. The van der Waals surface area contributed by atoms with Crippen molar-refractivity contribution in [3.05, 3.63) is 26.0 Å². The number of unbranched alkanes of at least 4 members (excludes halogenated alkanes) is 9. The Bertz CT molecular complexity index is 316. The lowest BCUT2D eigenvalue weighted by atomic mass is 9.89. The van der Waals surface area contributed by atoms with Crippen LogP contribution in [0.15, 0.2) is 12.2 Å². The van der Waals surface area contributed by atoms with Gasteiger partial charge in [-0.3, -0.25) is 0 Å². The molecule has 0 aromatic carbocycles. The Labute approximate surface area is 180 Å². The Morgan fingerprint density at radius 2 is 0.964 bits per heavy atom. The second-order valence-corrected chi connectivity index (χ2v) is 9.70. The second kappa shape index (κ2) is 21.4. The lowest BCUT2D eigenvalue weighted by Gasteiger charge is -2.17. The third-order valence-electron chi connectivity index (χ3n) is 6.48. The lowest BCUT2D eigenvalue weighted by Crippen LogP contribution is -2.02. The van der Waals surface area contributed by atoms with Gasteiger partial charge in [0.1, 0.15) is 0 Å².